The number of anilines is 1. The van der Waals surface area contributed by atoms with Crippen LogP contribution in [-0.2, 0) is 11.2 Å². The zero-order valence-electron chi connectivity index (χ0n) is 14.8. The third kappa shape index (κ3) is 3.93. The number of aryl methyl sites for hydroxylation is 1. The topological polar surface area (TPSA) is 64.1 Å². The van der Waals surface area contributed by atoms with Crippen molar-refractivity contribution in [2.24, 2.45) is 5.92 Å². The number of halogens is 1. The SMILES string of the molecule is Cc1nccc(-c2cccc(NC(=O)[C@@H]3COc4ccc(Cl)cc4C3)c2)n1. The van der Waals surface area contributed by atoms with Crippen LogP contribution in [0.3, 0.4) is 0 Å². The standard InChI is InChI=1S/C21H18ClN3O2/c1-13-23-8-7-19(24-13)14-3-2-4-18(11-14)25-21(26)16-9-15-10-17(22)5-6-20(15)27-12-16/h2-8,10-11,16H,9,12H2,1H3,(H,25,26)/t16-/m0/s1. The van der Waals surface area contributed by atoms with E-state index in [4.69, 9.17) is 16.3 Å². The molecule has 4 rings (SSSR count). The summed E-state index contributed by atoms with van der Waals surface area (Å²) in [6, 6.07) is 15.0. The Kier molecular flexibility index (Phi) is 4.77. The molecule has 0 saturated carbocycles. The van der Waals surface area contributed by atoms with Gasteiger partial charge < -0.3 is 10.1 Å². The highest BCUT2D eigenvalue weighted by Gasteiger charge is 2.26. The smallest absolute Gasteiger partial charge is 0.231 e. The lowest BCUT2D eigenvalue weighted by molar-refractivity contribution is -0.121. The zero-order valence-corrected chi connectivity index (χ0v) is 15.5. The molecular formula is C21H18ClN3O2. The molecule has 27 heavy (non-hydrogen) atoms. The van der Waals surface area contributed by atoms with Gasteiger partial charge in [0.15, 0.2) is 0 Å². The summed E-state index contributed by atoms with van der Waals surface area (Å²) in [4.78, 5) is 21.3. The van der Waals surface area contributed by atoms with E-state index in [0.717, 1.165) is 28.3 Å². The third-order valence-corrected chi connectivity index (χ3v) is 4.74. The van der Waals surface area contributed by atoms with Gasteiger partial charge in [0.05, 0.1) is 11.6 Å². The fourth-order valence-corrected chi connectivity index (χ4v) is 3.34. The van der Waals surface area contributed by atoms with Crippen LogP contribution in [0.5, 0.6) is 5.75 Å². The summed E-state index contributed by atoms with van der Waals surface area (Å²) in [5.41, 5.74) is 3.43. The minimum absolute atomic E-state index is 0.0726. The van der Waals surface area contributed by atoms with E-state index < -0.39 is 0 Å². The van der Waals surface area contributed by atoms with Crippen LogP contribution in [0.15, 0.2) is 54.7 Å². The van der Waals surface area contributed by atoms with E-state index in [9.17, 15) is 4.79 Å². The van der Waals surface area contributed by atoms with Crippen LogP contribution >= 0.6 is 11.6 Å². The normalized spacial score (nSPS) is 15.6. The van der Waals surface area contributed by atoms with E-state index >= 15 is 0 Å². The van der Waals surface area contributed by atoms with Gasteiger partial charge in [-0.25, -0.2) is 9.97 Å². The Hall–Kier alpha value is -2.92. The molecule has 3 aromatic rings. The molecule has 1 aliphatic rings. The Balaban J connectivity index is 1.50. The fourth-order valence-electron chi connectivity index (χ4n) is 3.15. The van der Waals surface area contributed by atoms with Gasteiger partial charge in [-0.05, 0) is 55.3 Å². The highest BCUT2D eigenvalue weighted by atomic mass is 35.5. The molecule has 5 nitrogen and oxygen atoms in total. The maximum atomic E-state index is 12.7. The van der Waals surface area contributed by atoms with Crippen LogP contribution in [0, 0.1) is 12.8 Å². The molecular weight excluding hydrogens is 362 g/mol. The summed E-state index contributed by atoms with van der Waals surface area (Å²) in [6.07, 6.45) is 2.33. The molecule has 0 saturated heterocycles. The van der Waals surface area contributed by atoms with E-state index in [1.165, 1.54) is 0 Å². The Morgan fingerprint density at radius 2 is 2.11 bits per heavy atom. The first-order chi connectivity index (χ1) is 13.1. The molecule has 1 atom stereocenters. The van der Waals surface area contributed by atoms with Crippen LogP contribution in [0.25, 0.3) is 11.3 Å². The first kappa shape index (κ1) is 17.5. The second-order valence-corrected chi connectivity index (χ2v) is 6.96. The van der Waals surface area contributed by atoms with Crippen LogP contribution in [0.1, 0.15) is 11.4 Å². The Morgan fingerprint density at radius 1 is 1.22 bits per heavy atom. The van der Waals surface area contributed by atoms with Crippen molar-refractivity contribution in [1.29, 1.82) is 0 Å². The molecule has 0 unspecified atom stereocenters. The van der Waals surface area contributed by atoms with E-state index in [-0.39, 0.29) is 11.8 Å². The van der Waals surface area contributed by atoms with Crippen molar-refractivity contribution in [3.63, 3.8) is 0 Å². The van der Waals surface area contributed by atoms with Crippen molar-refractivity contribution in [3.05, 3.63) is 71.1 Å². The molecule has 0 radical (unpaired) electrons. The van der Waals surface area contributed by atoms with Crippen molar-refractivity contribution in [2.75, 3.05) is 11.9 Å². The monoisotopic (exact) mass is 379 g/mol. The number of rotatable bonds is 3. The number of aromatic nitrogens is 2. The predicted molar refractivity (Wildman–Crippen MR) is 105 cm³/mol. The summed E-state index contributed by atoms with van der Waals surface area (Å²) in [5, 5.41) is 3.63. The van der Waals surface area contributed by atoms with Gasteiger partial charge in [-0.3, -0.25) is 4.79 Å². The molecule has 1 aromatic heterocycles. The van der Waals surface area contributed by atoms with Gasteiger partial charge in [-0.15, -0.1) is 0 Å². The number of nitrogens with one attached hydrogen (secondary N) is 1. The van der Waals surface area contributed by atoms with Gasteiger partial charge in [0.25, 0.3) is 0 Å². The molecule has 0 fully saturated rings. The maximum absolute atomic E-state index is 12.7. The number of benzene rings is 2. The van der Waals surface area contributed by atoms with Crippen LogP contribution in [0.2, 0.25) is 5.02 Å². The number of nitrogens with zero attached hydrogens (tertiary/aromatic N) is 2. The number of ether oxygens (including phenoxy) is 1. The Labute approximate surface area is 162 Å². The van der Waals surface area contributed by atoms with Crippen molar-refractivity contribution < 1.29 is 9.53 Å². The van der Waals surface area contributed by atoms with E-state index in [1.54, 1.807) is 12.3 Å². The molecule has 0 aliphatic carbocycles. The number of hydrogen-bond acceptors (Lipinski definition) is 4. The zero-order chi connectivity index (χ0) is 18.8. The number of hydrogen-bond donors (Lipinski definition) is 1. The average molecular weight is 380 g/mol. The number of carbonyl (C=O) groups is 1. The number of carbonyl (C=O) groups excluding carboxylic acids is 1. The molecule has 136 valence electrons. The Bertz CT molecular complexity index is 1010. The molecule has 1 N–H and O–H groups in total. The summed E-state index contributed by atoms with van der Waals surface area (Å²) in [7, 11) is 0. The lowest BCUT2D eigenvalue weighted by atomic mass is 9.96. The summed E-state index contributed by atoms with van der Waals surface area (Å²) in [5.74, 6) is 1.17. The Morgan fingerprint density at radius 3 is 2.96 bits per heavy atom. The molecule has 2 heterocycles. The van der Waals surface area contributed by atoms with Crippen LogP contribution in [-0.4, -0.2) is 22.5 Å². The summed E-state index contributed by atoms with van der Waals surface area (Å²) >= 11 is 6.05. The average Bonchev–Trinajstić information content (AvgIpc) is 2.67. The van der Waals surface area contributed by atoms with Crippen molar-refractivity contribution in [3.8, 4) is 17.0 Å². The quantitative estimate of drug-likeness (QED) is 0.737. The van der Waals surface area contributed by atoms with Crippen molar-refractivity contribution in [2.45, 2.75) is 13.3 Å². The van der Waals surface area contributed by atoms with Crippen LogP contribution < -0.4 is 10.1 Å². The highest BCUT2D eigenvalue weighted by Crippen LogP contribution is 2.30. The van der Waals surface area contributed by atoms with Crippen molar-refractivity contribution in [1.82, 2.24) is 9.97 Å². The maximum Gasteiger partial charge on any atom is 0.231 e. The molecule has 1 amide bonds. The van der Waals surface area contributed by atoms with Gasteiger partial charge in [-0.1, -0.05) is 23.7 Å². The van der Waals surface area contributed by atoms with Crippen LogP contribution in [0.4, 0.5) is 5.69 Å². The highest BCUT2D eigenvalue weighted by molar-refractivity contribution is 6.30. The lowest BCUT2D eigenvalue weighted by Crippen LogP contribution is -2.32. The second kappa shape index (κ2) is 7.37. The largest absolute Gasteiger partial charge is 0.492 e. The molecule has 0 spiro atoms. The summed E-state index contributed by atoms with van der Waals surface area (Å²) < 4.78 is 5.72. The van der Waals surface area contributed by atoms with E-state index in [2.05, 4.69) is 15.3 Å². The number of amides is 1. The first-order valence-corrected chi connectivity index (χ1v) is 9.08. The van der Waals surface area contributed by atoms with Gasteiger partial charge in [0, 0.05) is 22.5 Å². The minimum Gasteiger partial charge on any atom is -0.492 e. The van der Waals surface area contributed by atoms with E-state index in [1.807, 2.05) is 49.4 Å². The lowest BCUT2D eigenvalue weighted by Gasteiger charge is -2.24. The van der Waals surface area contributed by atoms with Gasteiger partial charge in [0.1, 0.15) is 18.2 Å². The fraction of sp³-hybridized carbons (Fsp3) is 0.190. The van der Waals surface area contributed by atoms with Gasteiger partial charge in [-0.2, -0.15) is 0 Å². The third-order valence-electron chi connectivity index (χ3n) is 4.50. The molecule has 6 heteroatoms. The summed E-state index contributed by atoms with van der Waals surface area (Å²) in [6.45, 7) is 2.20. The second-order valence-electron chi connectivity index (χ2n) is 6.52. The predicted octanol–water partition coefficient (Wildman–Crippen LogP) is 4.30. The minimum atomic E-state index is -0.263. The van der Waals surface area contributed by atoms with E-state index in [0.29, 0.717) is 23.9 Å². The number of fused-ring (bicyclic) bond motifs is 1. The molecule has 2 aromatic carbocycles. The van der Waals surface area contributed by atoms with Gasteiger partial charge >= 0.3 is 0 Å². The first-order valence-electron chi connectivity index (χ1n) is 8.71. The van der Waals surface area contributed by atoms with Gasteiger partial charge in [0.2, 0.25) is 5.91 Å². The molecule has 1 aliphatic heterocycles. The molecule has 0 bridgehead atoms. The van der Waals surface area contributed by atoms with Crippen molar-refractivity contribution >= 4 is 23.2 Å².